The van der Waals surface area contributed by atoms with Crippen LogP contribution < -0.4 is 15.0 Å². The number of methoxy groups -OCH3 is 1. The fraction of sp³-hybridized carbons (Fsp3) is 0.308. The Bertz CT molecular complexity index is 1560. The van der Waals surface area contributed by atoms with Gasteiger partial charge >= 0.3 is 6.18 Å². The van der Waals surface area contributed by atoms with Gasteiger partial charge in [0, 0.05) is 18.2 Å². The number of hydrogen-bond donors (Lipinski definition) is 1. The first-order chi connectivity index (χ1) is 18.7. The summed E-state index contributed by atoms with van der Waals surface area (Å²) in [5.74, 6) is 1.42. The van der Waals surface area contributed by atoms with E-state index in [0.717, 1.165) is 30.2 Å². The van der Waals surface area contributed by atoms with Gasteiger partial charge in [0.2, 0.25) is 11.8 Å². The van der Waals surface area contributed by atoms with Crippen LogP contribution in [0.3, 0.4) is 0 Å². The van der Waals surface area contributed by atoms with Crippen molar-refractivity contribution in [1.29, 1.82) is 0 Å². The summed E-state index contributed by atoms with van der Waals surface area (Å²) in [5, 5.41) is 6.52. The van der Waals surface area contributed by atoms with Gasteiger partial charge in [-0.1, -0.05) is 12.1 Å². The van der Waals surface area contributed by atoms with Crippen molar-refractivity contribution in [3.63, 3.8) is 0 Å². The summed E-state index contributed by atoms with van der Waals surface area (Å²) in [6, 6.07) is 7.98. The van der Waals surface area contributed by atoms with E-state index in [0.29, 0.717) is 52.6 Å². The Kier molecular flexibility index (Phi) is 5.92. The SMILES string of the molecule is COc1ncnc(C2CC2)c1-c1ncc2c(n1)N(Cc1ccc(-n3nc(C(F)(F)F)cc3C)cc1)CC(=O)N2. The van der Waals surface area contributed by atoms with E-state index in [1.165, 1.54) is 18.1 Å². The molecule has 1 aliphatic heterocycles. The van der Waals surface area contributed by atoms with Crippen LogP contribution in [-0.4, -0.2) is 49.3 Å². The second-order valence-electron chi connectivity index (χ2n) is 9.50. The van der Waals surface area contributed by atoms with E-state index in [1.54, 1.807) is 37.4 Å². The quantitative estimate of drug-likeness (QED) is 0.389. The molecule has 0 saturated heterocycles. The average Bonchev–Trinajstić information content (AvgIpc) is 3.68. The second kappa shape index (κ2) is 9.33. The third-order valence-electron chi connectivity index (χ3n) is 6.63. The minimum atomic E-state index is -4.52. The first kappa shape index (κ1) is 24.8. The first-order valence-corrected chi connectivity index (χ1v) is 12.3. The molecule has 1 N–H and O–H groups in total. The maximum absolute atomic E-state index is 13.1. The van der Waals surface area contributed by atoms with Gasteiger partial charge in [-0.25, -0.2) is 24.6 Å². The van der Waals surface area contributed by atoms with Gasteiger partial charge in [0.1, 0.15) is 17.6 Å². The summed E-state index contributed by atoms with van der Waals surface area (Å²) >= 11 is 0. The highest BCUT2D eigenvalue weighted by Gasteiger charge is 2.35. The summed E-state index contributed by atoms with van der Waals surface area (Å²) in [7, 11) is 1.53. The zero-order chi connectivity index (χ0) is 27.3. The largest absolute Gasteiger partial charge is 0.480 e. The molecule has 0 bridgehead atoms. The number of fused-ring (bicyclic) bond motifs is 1. The first-order valence-electron chi connectivity index (χ1n) is 12.3. The van der Waals surface area contributed by atoms with Crippen LogP contribution >= 0.6 is 0 Å². The van der Waals surface area contributed by atoms with Crippen LogP contribution in [0.25, 0.3) is 17.1 Å². The van der Waals surface area contributed by atoms with Crippen LogP contribution in [0, 0.1) is 6.92 Å². The van der Waals surface area contributed by atoms with Gasteiger partial charge in [-0.05, 0) is 43.5 Å². The van der Waals surface area contributed by atoms with Crippen LogP contribution in [0.15, 0.2) is 42.9 Å². The standard InChI is InChI=1S/C26H23F3N8O2/c1-14-9-19(26(27,28)29)35-37(14)17-7-3-15(4-8-17)11-36-12-20(38)33-18-10-30-23(34-24(18)36)21-22(16-5-6-16)31-13-32-25(21)39-2/h3-4,7-10,13,16H,5-6,11-12H2,1-2H3,(H,33,38). The molecule has 1 aromatic carbocycles. The maximum atomic E-state index is 13.1. The molecule has 39 heavy (non-hydrogen) atoms. The number of anilines is 2. The Morgan fingerprint density at radius 2 is 1.90 bits per heavy atom. The van der Waals surface area contributed by atoms with Crippen LogP contribution in [0.1, 0.15) is 41.4 Å². The van der Waals surface area contributed by atoms with E-state index in [-0.39, 0.29) is 12.5 Å². The molecule has 13 heteroatoms. The average molecular weight is 537 g/mol. The number of carbonyl (C=O) groups excluding carboxylic acids is 1. The number of aromatic nitrogens is 6. The number of ether oxygens (including phenoxy) is 1. The number of benzene rings is 1. The van der Waals surface area contributed by atoms with Gasteiger partial charge in [-0.15, -0.1) is 0 Å². The minimum absolute atomic E-state index is 0.0658. The monoisotopic (exact) mass is 536 g/mol. The summed E-state index contributed by atoms with van der Waals surface area (Å²) in [4.78, 5) is 32.3. The Balaban J connectivity index is 1.31. The summed E-state index contributed by atoms with van der Waals surface area (Å²) in [6.07, 6.45) is 0.553. The van der Waals surface area contributed by atoms with E-state index in [1.807, 2.05) is 4.90 Å². The van der Waals surface area contributed by atoms with Crippen molar-refractivity contribution in [3.8, 4) is 23.0 Å². The Hall–Kier alpha value is -4.55. The predicted octanol–water partition coefficient (Wildman–Crippen LogP) is 4.29. The molecule has 0 spiro atoms. The number of amides is 1. The topological polar surface area (TPSA) is 111 Å². The van der Waals surface area contributed by atoms with Crippen molar-refractivity contribution in [1.82, 2.24) is 29.7 Å². The number of carbonyl (C=O) groups is 1. The van der Waals surface area contributed by atoms with Gasteiger partial charge in [-0.2, -0.15) is 18.3 Å². The van der Waals surface area contributed by atoms with Crippen LogP contribution in [0.4, 0.5) is 24.7 Å². The van der Waals surface area contributed by atoms with Gasteiger partial charge in [0.25, 0.3) is 0 Å². The molecule has 4 aromatic rings. The summed E-state index contributed by atoms with van der Waals surface area (Å²) in [6.45, 7) is 1.97. The number of aryl methyl sites for hydroxylation is 1. The highest BCUT2D eigenvalue weighted by atomic mass is 19.4. The second-order valence-corrected chi connectivity index (χ2v) is 9.50. The number of rotatable bonds is 6. The van der Waals surface area contributed by atoms with Crippen molar-refractivity contribution >= 4 is 17.4 Å². The van der Waals surface area contributed by atoms with Gasteiger partial charge in [0.15, 0.2) is 17.3 Å². The molecule has 6 rings (SSSR count). The molecule has 0 unspecified atom stereocenters. The Morgan fingerprint density at radius 1 is 1.13 bits per heavy atom. The molecule has 1 amide bonds. The third kappa shape index (κ3) is 4.75. The lowest BCUT2D eigenvalue weighted by Gasteiger charge is -2.30. The van der Waals surface area contributed by atoms with Crippen molar-refractivity contribution in [2.45, 2.75) is 38.4 Å². The third-order valence-corrected chi connectivity index (χ3v) is 6.63. The number of alkyl halides is 3. The lowest BCUT2D eigenvalue weighted by atomic mass is 10.1. The summed E-state index contributed by atoms with van der Waals surface area (Å²) in [5.41, 5.74) is 2.71. The van der Waals surface area contributed by atoms with Gasteiger partial charge < -0.3 is 15.0 Å². The van der Waals surface area contributed by atoms with Crippen LogP contribution in [0.5, 0.6) is 5.88 Å². The molecular formula is C26H23F3N8O2. The predicted molar refractivity (Wildman–Crippen MR) is 135 cm³/mol. The molecule has 200 valence electrons. The van der Waals surface area contributed by atoms with E-state index >= 15 is 0 Å². The summed E-state index contributed by atoms with van der Waals surface area (Å²) < 4.78 is 46.0. The highest BCUT2D eigenvalue weighted by molar-refractivity contribution is 6.00. The molecule has 1 aliphatic carbocycles. The number of halogens is 3. The molecule has 1 fully saturated rings. The van der Waals surface area contributed by atoms with Gasteiger partial charge in [-0.3, -0.25) is 4.79 Å². The molecule has 3 aromatic heterocycles. The van der Waals surface area contributed by atoms with Crippen molar-refractivity contribution in [2.24, 2.45) is 0 Å². The van der Waals surface area contributed by atoms with Crippen LogP contribution in [0.2, 0.25) is 0 Å². The minimum Gasteiger partial charge on any atom is -0.480 e. The van der Waals surface area contributed by atoms with Crippen LogP contribution in [-0.2, 0) is 17.5 Å². The van der Waals surface area contributed by atoms with Crippen molar-refractivity contribution in [2.75, 3.05) is 23.9 Å². The van der Waals surface area contributed by atoms with E-state index in [4.69, 9.17) is 9.72 Å². The van der Waals surface area contributed by atoms with Crippen molar-refractivity contribution in [3.05, 3.63) is 65.5 Å². The highest BCUT2D eigenvalue weighted by Crippen LogP contribution is 2.45. The fourth-order valence-electron chi connectivity index (χ4n) is 4.64. The van der Waals surface area contributed by atoms with E-state index in [9.17, 15) is 18.0 Å². The zero-order valence-corrected chi connectivity index (χ0v) is 21.0. The number of hydrogen-bond acceptors (Lipinski definition) is 8. The maximum Gasteiger partial charge on any atom is 0.435 e. The van der Waals surface area contributed by atoms with Crippen molar-refractivity contribution < 1.29 is 22.7 Å². The molecule has 4 heterocycles. The lowest BCUT2D eigenvalue weighted by molar-refractivity contribution is -0.141. The molecular weight excluding hydrogens is 513 g/mol. The van der Waals surface area contributed by atoms with Gasteiger partial charge in [0.05, 0.1) is 31.2 Å². The molecule has 0 atom stereocenters. The molecule has 0 radical (unpaired) electrons. The zero-order valence-electron chi connectivity index (χ0n) is 21.0. The fourth-order valence-corrected chi connectivity index (χ4v) is 4.64. The lowest BCUT2D eigenvalue weighted by Crippen LogP contribution is -2.38. The van der Waals surface area contributed by atoms with E-state index < -0.39 is 11.9 Å². The normalized spacial score (nSPS) is 15.2. The molecule has 2 aliphatic rings. The van der Waals surface area contributed by atoms with E-state index in [2.05, 4.69) is 25.4 Å². The Labute approximate surface area is 220 Å². The molecule has 1 saturated carbocycles. The smallest absolute Gasteiger partial charge is 0.435 e. The Morgan fingerprint density at radius 3 is 2.56 bits per heavy atom. The molecule has 10 nitrogen and oxygen atoms in total. The number of nitrogens with one attached hydrogen (secondary N) is 1. The number of nitrogens with zero attached hydrogens (tertiary/aromatic N) is 7.